The number of aryl methyl sites for hydroxylation is 1. The van der Waals surface area contributed by atoms with Crippen LogP contribution in [0.4, 0.5) is 8.78 Å². The van der Waals surface area contributed by atoms with Gasteiger partial charge in [-0.2, -0.15) is 5.10 Å². The maximum absolute atomic E-state index is 13.0. The van der Waals surface area contributed by atoms with Gasteiger partial charge in [-0.3, -0.25) is 9.59 Å². The SMILES string of the molecule is CC(=O)N1CCN(C(=O)C(C)n2nc(C)nc2C(F)F)CC1. The molecule has 1 aliphatic heterocycles. The first-order chi connectivity index (χ1) is 10.3. The zero-order valence-electron chi connectivity index (χ0n) is 12.8. The van der Waals surface area contributed by atoms with Gasteiger partial charge in [-0.15, -0.1) is 0 Å². The first-order valence-electron chi connectivity index (χ1n) is 7.06. The molecule has 0 saturated carbocycles. The van der Waals surface area contributed by atoms with Gasteiger partial charge < -0.3 is 9.80 Å². The Morgan fingerprint density at radius 3 is 2.18 bits per heavy atom. The van der Waals surface area contributed by atoms with Crippen LogP contribution in [0.3, 0.4) is 0 Å². The molecule has 2 amide bonds. The number of aromatic nitrogens is 3. The summed E-state index contributed by atoms with van der Waals surface area (Å²) in [6.07, 6.45) is -2.79. The molecule has 0 radical (unpaired) electrons. The first-order valence-corrected chi connectivity index (χ1v) is 7.06. The average molecular weight is 315 g/mol. The van der Waals surface area contributed by atoms with Gasteiger partial charge >= 0.3 is 0 Å². The van der Waals surface area contributed by atoms with E-state index in [2.05, 4.69) is 10.1 Å². The van der Waals surface area contributed by atoms with Crippen LogP contribution in [0.5, 0.6) is 0 Å². The number of halogens is 2. The van der Waals surface area contributed by atoms with E-state index < -0.39 is 18.3 Å². The molecule has 1 fully saturated rings. The number of hydrogen-bond donors (Lipinski definition) is 0. The summed E-state index contributed by atoms with van der Waals surface area (Å²) in [5.74, 6) is -0.626. The molecule has 1 atom stereocenters. The van der Waals surface area contributed by atoms with E-state index in [1.807, 2.05) is 0 Å². The second-order valence-corrected chi connectivity index (χ2v) is 5.27. The van der Waals surface area contributed by atoms with Crippen LogP contribution >= 0.6 is 0 Å². The van der Waals surface area contributed by atoms with Gasteiger partial charge in [-0.25, -0.2) is 18.4 Å². The van der Waals surface area contributed by atoms with Gasteiger partial charge in [-0.05, 0) is 13.8 Å². The lowest BCUT2D eigenvalue weighted by Gasteiger charge is -2.35. The van der Waals surface area contributed by atoms with Crippen molar-refractivity contribution in [1.29, 1.82) is 0 Å². The molecule has 0 N–H and O–H groups in total. The number of amides is 2. The summed E-state index contributed by atoms with van der Waals surface area (Å²) in [5.41, 5.74) is 0. The predicted octanol–water partition coefficient (Wildman–Crippen LogP) is 0.776. The smallest absolute Gasteiger partial charge is 0.297 e. The van der Waals surface area contributed by atoms with Crippen LogP contribution in [-0.2, 0) is 9.59 Å². The molecular weight excluding hydrogens is 296 g/mol. The number of nitrogens with zero attached hydrogens (tertiary/aromatic N) is 5. The monoisotopic (exact) mass is 315 g/mol. The third-order valence-corrected chi connectivity index (χ3v) is 3.72. The van der Waals surface area contributed by atoms with Gasteiger partial charge in [-0.1, -0.05) is 0 Å². The lowest BCUT2D eigenvalue weighted by Crippen LogP contribution is -2.51. The normalized spacial score (nSPS) is 17.0. The molecular formula is C13H19F2N5O2. The summed E-state index contributed by atoms with van der Waals surface area (Å²) >= 11 is 0. The third kappa shape index (κ3) is 3.23. The maximum Gasteiger partial charge on any atom is 0.297 e. The minimum atomic E-state index is -2.79. The van der Waals surface area contributed by atoms with Crippen LogP contribution in [0.25, 0.3) is 0 Å². The van der Waals surface area contributed by atoms with E-state index in [0.29, 0.717) is 26.2 Å². The van der Waals surface area contributed by atoms with Crippen molar-refractivity contribution in [3.05, 3.63) is 11.6 Å². The summed E-state index contributed by atoms with van der Waals surface area (Å²) < 4.78 is 26.9. The van der Waals surface area contributed by atoms with Crippen LogP contribution in [0.2, 0.25) is 0 Å². The Hall–Kier alpha value is -2.06. The van der Waals surface area contributed by atoms with Crippen LogP contribution in [0.1, 0.15) is 38.0 Å². The highest BCUT2D eigenvalue weighted by Gasteiger charge is 2.30. The molecule has 2 rings (SSSR count). The molecule has 1 aromatic heterocycles. The Kier molecular flexibility index (Phi) is 4.72. The largest absolute Gasteiger partial charge is 0.339 e. The number of piperazine rings is 1. The number of alkyl halides is 2. The minimum Gasteiger partial charge on any atom is -0.339 e. The molecule has 7 nitrogen and oxygen atoms in total. The number of hydrogen-bond acceptors (Lipinski definition) is 4. The minimum absolute atomic E-state index is 0.0352. The van der Waals surface area contributed by atoms with E-state index in [0.717, 1.165) is 4.68 Å². The average Bonchev–Trinajstić information content (AvgIpc) is 2.88. The number of rotatable bonds is 3. The highest BCUT2D eigenvalue weighted by Crippen LogP contribution is 2.21. The van der Waals surface area contributed by atoms with E-state index in [1.165, 1.54) is 20.8 Å². The number of carbonyl (C=O) groups is 2. The molecule has 1 saturated heterocycles. The van der Waals surface area contributed by atoms with Crippen molar-refractivity contribution in [1.82, 2.24) is 24.6 Å². The molecule has 0 aromatic carbocycles. The van der Waals surface area contributed by atoms with Gasteiger partial charge in [0.2, 0.25) is 11.8 Å². The molecule has 0 aliphatic carbocycles. The quantitative estimate of drug-likeness (QED) is 0.826. The Morgan fingerprint density at radius 1 is 1.14 bits per heavy atom. The summed E-state index contributed by atoms with van der Waals surface area (Å²) in [5, 5.41) is 3.90. The Bertz CT molecular complexity index is 567. The van der Waals surface area contributed by atoms with Gasteiger partial charge in [0, 0.05) is 33.1 Å². The fourth-order valence-electron chi connectivity index (χ4n) is 2.49. The van der Waals surface area contributed by atoms with E-state index >= 15 is 0 Å². The van der Waals surface area contributed by atoms with Crippen molar-refractivity contribution in [2.75, 3.05) is 26.2 Å². The molecule has 9 heteroatoms. The summed E-state index contributed by atoms with van der Waals surface area (Å²) in [4.78, 5) is 30.6. The highest BCUT2D eigenvalue weighted by atomic mass is 19.3. The van der Waals surface area contributed by atoms with Gasteiger partial charge in [0.25, 0.3) is 6.43 Å². The molecule has 22 heavy (non-hydrogen) atoms. The fourth-order valence-corrected chi connectivity index (χ4v) is 2.49. The molecule has 0 bridgehead atoms. The molecule has 1 unspecified atom stereocenters. The lowest BCUT2D eigenvalue weighted by atomic mass is 10.2. The second kappa shape index (κ2) is 6.37. The fraction of sp³-hybridized carbons (Fsp3) is 0.692. The third-order valence-electron chi connectivity index (χ3n) is 3.72. The molecule has 0 spiro atoms. The lowest BCUT2D eigenvalue weighted by molar-refractivity contribution is -0.140. The highest BCUT2D eigenvalue weighted by molar-refractivity contribution is 5.80. The van der Waals surface area contributed by atoms with Crippen molar-refractivity contribution in [2.24, 2.45) is 0 Å². The Balaban J connectivity index is 2.09. The van der Waals surface area contributed by atoms with Gasteiger partial charge in [0.05, 0.1) is 0 Å². The van der Waals surface area contributed by atoms with E-state index in [-0.39, 0.29) is 17.6 Å². The van der Waals surface area contributed by atoms with Crippen molar-refractivity contribution in [3.63, 3.8) is 0 Å². The van der Waals surface area contributed by atoms with Crippen LogP contribution < -0.4 is 0 Å². The van der Waals surface area contributed by atoms with Crippen LogP contribution in [0, 0.1) is 6.92 Å². The Morgan fingerprint density at radius 2 is 1.68 bits per heavy atom. The zero-order valence-corrected chi connectivity index (χ0v) is 12.8. The summed E-state index contributed by atoms with van der Waals surface area (Å²) in [7, 11) is 0. The van der Waals surface area contributed by atoms with Crippen molar-refractivity contribution < 1.29 is 18.4 Å². The van der Waals surface area contributed by atoms with Crippen molar-refractivity contribution in [2.45, 2.75) is 33.2 Å². The van der Waals surface area contributed by atoms with E-state index in [9.17, 15) is 18.4 Å². The Labute approximate surface area is 126 Å². The van der Waals surface area contributed by atoms with E-state index in [1.54, 1.807) is 9.80 Å². The van der Waals surface area contributed by atoms with Crippen molar-refractivity contribution >= 4 is 11.8 Å². The second-order valence-electron chi connectivity index (χ2n) is 5.27. The van der Waals surface area contributed by atoms with Crippen LogP contribution in [-0.4, -0.2) is 62.6 Å². The van der Waals surface area contributed by atoms with Gasteiger partial charge in [0.15, 0.2) is 5.82 Å². The standard InChI is InChI=1S/C13H19F2N5O2/c1-8(20-12(11(14)15)16-9(2)17-20)13(22)19-6-4-18(5-7-19)10(3)21/h8,11H,4-7H2,1-3H3. The summed E-state index contributed by atoms with van der Waals surface area (Å²) in [6.45, 7) is 6.19. The van der Waals surface area contributed by atoms with Crippen molar-refractivity contribution in [3.8, 4) is 0 Å². The summed E-state index contributed by atoms with van der Waals surface area (Å²) in [6, 6.07) is -0.853. The van der Waals surface area contributed by atoms with E-state index in [4.69, 9.17) is 0 Å². The maximum atomic E-state index is 13.0. The molecule has 1 aromatic rings. The number of carbonyl (C=O) groups excluding carboxylic acids is 2. The topological polar surface area (TPSA) is 71.3 Å². The molecule has 2 heterocycles. The molecule has 122 valence electrons. The zero-order chi connectivity index (χ0) is 16.4. The van der Waals surface area contributed by atoms with Gasteiger partial charge in [0.1, 0.15) is 11.9 Å². The molecule has 1 aliphatic rings. The first kappa shape index (κ1) is 16.3. The predicted molar refractivity (Wildman–Crippen MR) is 73.3 cm³/mol. The van der Waals surface area contributed by atoms with Crippen LogP contribution in [0.15, 0.2) is 0 Å².